The Bertz CT molecular complexity index is 794. The van der Waals surface area contributed by atoms with E-state index in [1.54, 1.807) is 17.9 Å². The van der Waals surface area contributed by atoms with Crippen molar-refractivity contribution in [3.8, 4) is 0 Å². The molecule has 120 valence electrons. The van der Waals surface area contributed by atoms with Crippen molar-refractivity contribution in [1.29, 1.82) is 0 Å². The molecule has 3 rings (SSSR count). The van der Waals surface area contributed by atoms with Crippen LogP contribution in [0.4, 0.5) is 0 Å². The zero-order valence-corrected chi connectivity index (χ0v) is 13.5. The Morgan fingerprint density at radius 3 is 2.52 bits per heavy atom. The second kappa shape index (κ2) is 5.91. The van der Waals surface area contributed by atoms with Gasteiger partial charge < -0.3 is 9.88 Å². The lowest BCUT2D eigenvalue weighted by Gasteiger charge is -2.16. The van der Waals surface area contributed by atoms with Crippen LogP contribution in [0.25, 0.3) is 0 Å². The van der Waals surface area contributed by atoms with Gasteiger partial charge in [0.2, 0.25) is 0 Å². The molecule has 0 aromatic carbocycles. The second-order valence-corrected chi connectivity index (χ2v) is 6.00. The fourth-order valence-electron chi connectivity index (χ4n) is 2.94. The van der Waals surface area contributed by atoms with Crippen molar-refractivity contribution in [3.63, 3.8) is 0 Å². The van der Waals surface area contributed by atoms with Crippen molar-refractivity contribution in [2.75, 3.05) is 13.1 Å². The molecule has 1 saturated heterocycles. The molecule has 0 aliphatic carbocycles. The zero-order chi connectivity index (χ0) is 16.6. The lowest BCUT2D eigenvalue weighted by molar-refractivity contribution is 0.0784. The molecule has 1 fully saturated rings. The van der Waals surface area contributed by atoms with Crippen LogP contribution in [-0.2, 0) is 0 Å². The number of nitrogens with zero attached hydrogens (tertiary/aromatic N) is 4. The molecule has 0 spiro atoms. The number of rotatable bonds is 2. The minimum atomic E-state index is -0.498. The van der Waals surface area contributed by atoms with Gasteiger partial charge in [-0.25, -0.2) is 14.8 Å². The van der Waals surface area contributed by atoms with Crippen LogP contribution >= 0.6 is 0 Å². The van der Waals surface area contributed by atoms with Gasteiger partial charge in [-0.3, -0.25) is 4.79 Å². The van der Waals surface area contributed by atoms with Crippen LogP contribution in [0.1, 0.15) is 45.7 Å². The molecule has 0 unspecified atom stereocenters. The first-order chi connectivity index (χ1) is 10.9. The molecule has 0 bridgehead atoms. The van der Waals surface area contributed by atoms with Crippen molar-refractivity contribution < 1.29 is 4.79 Å². The molecule has 1 aliphatic heterocycles. The van der Waals surface area contributed by atoms with Crippen LogP contribution < -0.4 is 5.69 Å². The van der Waals surface area contributed by atoms with Gasteiger partial charge in [-0.05, 0) is 39.3 Å². The predicted octanol–water partition coefficient (Wildman–Crippen LogP) is 1.11. The molecule has 0 saturated carbocycles. The van der Waals surface area contributed by atoms with Crippen molar-refractivity contribution in [1.82, 2.24) is 24.8 Å². The molecule has 2 aromatic heterocycles. The average molecular weight is 313 g/mol. The van der Waals surface area contributed by atoms with Crippen molar-refractivity contribution >= 4 is 5.91 Å². The third-order valence-electron chi connectivity index (χ3n) is 3.94. The van der Waals surface area contributed by atoms with E-state index in [-0.39, 0.29) is 17.5 Å². The number of carbonyl (C=O) groups is 1. The second-order valence-electron chi connectivity index (χ2n) is 6.00. The van der Waals surface area contributed by atoms with E-state index in [0.717, 1.165) is 23.6 Å². The smallest absolute Gasteiger partial charge is 0.337 e. The molecule has 1 amide bonds. The van der Waals surface area contributed by atoms with Crippen molar-refractivity contribution in [3.05, 3.63) is 51.2 Å². The van der Waals surface area contributed by atoms with Gasteiger partial charge in [-0.15, -0.1) is 0 Å². The number of amides is 1. The summed E-state index contributed by atoms with van der Waals surface area (Å²) in [4.78, 5) is 41.0. The van der Waals surface area contributed by atoms with Crippen LogP contribution in [-0.4, -0.2) is 43.8 Å². The Kier molecular flexibility index (Phi) is 3.94. The molecule has 1 atom stereocenters. The van der Waals surface area contributed by atoms with Crippen LogP contribution in [0, 0.1) is 20.8 Å². The summed E-state index contributed by atoms with van der Waals surface area (Å²) in [5.74, 6) is 0.694. The minimum Gasteiger partial charge on any atom is -0.337 e. The number of aryl methyl sites for hydroxylation is 3. The summed E-state index contributed by atoms with van der Waals surface area (Å²) in [6.07, 6.45) is 0.816. The van der Waals surface area contributed by atoms with Crippen LogP contribution in [0.5, 0.6) is 0 Å². The van der Waals surface area contributed by atoms with Crippen LogP contribution in [0.15, 0.2) is 16.9 Å². The maximum atomic E-state index is 12.5. The summed E-state index contributed by atoms with van der Waals surface area (Å²) in [5.41, 5.74) is 2.19. The average Bonchev–Trinajstić information content (AvgIpc) is 2.94. The fourth-order valence-corrected chi connectivity index (χ4v) is 2.94. The third-order valence-corrected chi connectivity index (χ3v) is 3.94. The standard InChI is InChI=1S/C16H19N5O2/c1-9-6-10(2)18-14(17-9)12-4-5-21(8-12)15(22)13-7-11(3)19-16(23)20-13/h6-7,12H,4-5,8H2,1-3H3,(H,19,20,23)/t12-/m0/s1. The Morgan fingerprint density at radius 2 is 1.87 bits per heavy atom. The highest BCUT2D eigenvalue weighted by Crippen LogP contribution is 2.26. The van der Waals surface area contributed by atoms with Crippen molar-refractivity contribution in [2.24, 2.45) is 0 Å². The molecule has 3 heterocycles. The van der Waals surface area contributed by atoms with E-state index >= 15 is 0 Å². The van der Waals surface area contributed by atoms with Gasteiger partial charge in [0, 0.05) is 36.1 Å². The van der Waals surface area contributed by atoms with E-state index in [2.05, 4.69) is 19.9 Å². The van der Waals surface area contributed by atoms with Gasteiger partial charge in [0.15, 0.2) is 0 Å². The number of nitrogens with one attached hydrogen (secondary N) is 1. The molecule has 1 aliphatic rings. The molecule has 1 N–H and O–H groups in total. The lowest BCUT2D eigenvalue weighted by atomic mass is 10.1. The highest BCUT2D eigenvalue weighted by molar-refractivity contribution is 5.92. The Balaban J connectivity index is 1.79. The highest BCUT2D eigenvalue weighted by Gasteiger charge is 2.30. The molecular formula is C16H19N5O2. The lowest BCUT2D eigenvalue weighted by Crippen LogP contribution is -2.31. The molecule has 23 heavy (non-hydrogen) atoms. The van der Waals surface area contributed by atoms with E-state index in [0.29, 0.717) is 18.8 Å². The molecular weight excluding hydrogens is 294 g/mol. The SMILES string of the molecule is Cc1cc(C)nc([C@H]2CCN(C(=O)c3cc(C)[nH]c(=O)n3)C2)n1. The topological polar surface area (TPSA) is 91.8 Å². The van der Waals surface area contributed by atoms with E-state index in [1.165, 1.54) is 0 Å². The highest BCUT2D eigenvalue weighted by atomic mass is 16.2. The number of aromatic nitrogens is 4. The minimum absolute atomic E-state index is 0.126. The number of carbonyl (C=O) groups excluding carboxylic acids is 1. The summed E-state index contributed by atoms with van der Waals surface area (Å²) in [7, 11) is 0. The monoisotopic (exact) mass is 313 g/mol. The predicted molar refractivity (Wildman–Crippen MR) is 84.4 cm³/mol. The quantitative estimate of drug-likeness (QED) is 0.897. The van der Waals surface area contributed by atoms with Gasteiger partial charge in [0.1, 0.15) is 11.5 Å². The van der Waals surface area contributed by atoms with E-state index in [9.17, 15) is 9.59 Å². The molecule has 0 radical (unpaired) electrons. The third kappa shape index (κ3) is 3.28. The number of likely N-dealkylation sites (tertiary alicyclic amines) is 1. The van der Waals surface area contributed by atoms with Gasteiger partial charge in [-0.2, -0.15) is 4.98 Å². The Labute approximate surface area is 133 Å². The first-order valence-electron chi connectivity index (χ1n) is 7.62. The number of hydrogen-bond acceptors (Lipinski definition) is 5. The number of aromatic amines is 1. The van der Waals surface area contributed by atoms with E-state index < -0.39 is 5.69 Å². The van der Waals surface area contributed by atoms with Crippen LogP contribution in [0.2, 0.25) is 0 Å². The summed E-state index contributed by atoms with van der Waals surface area (Å²) in [5, 5.41) is 0. The maximum Gasteiger partial charge on any atom is 0.345 e. The summed E-state index contributed by atoms with van der Waals surface area (Å²) in [6, 6.07) is 3.54. The fraction of sp³-hybridized carbons (Fsp3) is 0.438. The zero-order valence-electron chi connectivity index (χ0n) is 13.5. The van der Waals surface area contributed by atoms with Gasteiger partial charge in [0.25, 0.3) is 5.91 Å². The largest absolute Gasteiger partial charge is 0.345 e. The first-order valence-corrected chi connectivity index (χ1v) is 7.62. The number of hydrogen-bond donors (Lipinski definition) is 1. The van der Waals surface area contributed by atoms with E-state index in [4.69, 9.17) is 0 Å². The normalized spacial score (nSPS) is 17.5. The Hall–Kier alpha value is -2.57. The summed E-state index contributed by atoms with van der Waals surface area (Å²) >= 11 is 0. The van der Waals surface area contributed by atoms with Gasteiger partial charge in [-0.1, -0.05) is 0 Å². The number of H-pyrrole nitrogens is 1. The van der Waals surface area contributed by atoms with Gasteiger partial charge >= 0.3 is 5.69 Å². The summed E-state index contributed by atoms with van der Waals surface area (Å²) in [6.45, 7) is 6.79. The molecule has 7 heteroatoms. The Morgan fingerprint density at radius 1 is 1.17 bits per heavy atom. The maximum absolute atomic E-state index is 12.5. The molecule has 7 nitrogen and oxygen atoms in total. The van der Waals surface area contributed by atoms with E-state index in [1.807, 2.05) is 19.9 Å². The van der Waals surface area contributed by atoms with Gasteiger partial charge in [0.05, 0.1) is 0 Å². The summed E-state index contributed by atoms with van der Waals surface area (Å²) < 4.78 is 0. The van der Waals surface area contributed by atoms with Crippen LogP contribution in [0.3, 0.4) is 0 Å². The first kappa shape index (κ1) is 15.3. The molecule has 2 aromatic rings. The van der Waals surface area contributed by atoms with Crippen molar-refractivity contribution in [2.45, 2.75) is 33.1 Å².